The summed E-state index contributed by atoms with van der Waals surface area (Å²) in [7, 11) is -2.62. The summed E-state index contributed by atoms with van der Waals surface area (Å²) in [6, 6.07) is 6.52. The summed E-state index contributed by atoms with van der Waals surface area (Å²) >= 11 is 6.48. The summed E-state index contributed by atoms with van der Waals surface area (Å²) in [6.45, 7) is -0.826. The third kappa shape index (κ3) is 8.64. The number of carbonyl (C=O) groups is 1. The number of anilines is 1. The minimum absolute atomic E-state index is 0.0380. The molecule has 0 saturated heterocycles. The Balaban J connectivity index is 1.61. The molecule has 0 unspecified atom stereocenters. The maximum absolute atomic E-state index is 14.5. The van der Waals surface area contributed by atoms with Crippen molar-refractivity contribution in [3.05, 3.63) is 105 Å². The molecule has 3 heterocycles. The Morgan fingerprint density at radius 3 is 2.29 bits per heavy atom. The van der Waals surface area contributed by atoms with E-state index in [-0.39, 0.29) is 38.5 Å². The predicted molar refractivity (Wildman–Crippen MR) is 180 cm³/mol. The van der Waals surface area contributed by atoms with Crippen LogP contribution >= 0.6 is 11.6 Å². The van der Waals surface area contributed by atoms with Crippen molar-refractivity contribution in [2.45, 2.75) is 31.5 Å². The van der Waals surface area contributed by atoms with E-state index in [1.54, 1.807) is 0 Å². The first-order chi connectivity index (χ1) is 25.6. The summed E-state index contributed by atoms with van der Waals surface area (Å²) in [5.41, 5.74) is -2.94. The van der Waals surface area contributed by atoms with Gasteiger partial charge in [-0.25, -0.2) is 22.2 Å². The molecule has 3 aromatic carbocycles. The van der Waals surface area contributed by atoms with Crippen molar-refractivity contribution < 1.29 is 53.1 Å². The van der Waals surface area contributed by atoms with Crippen molar-refractivity contribution in [2.75, 3.05) is 11.0 Å². The molecule has 1 atom stereocenters. The molecule has 2 N–H and O–H groups in total. The van der Waals surface area contributed by atoms with E-state index < -0.39 is 87.3 Å². The number of aryl methyl sites for hydroxylation is 1. The van der Waals surface area contributed by atoms with E-state index >= 15 is 0 Å². The zero-order valence-corrected chi connectivity index (χ0v) is 29.4. The van der Waals surface area contributed by atoms with Crippen molar-refractivity contribution in [2.24, 2.45) is 7.05 Å². The van der Waals surface area contributed by atoms with Gasteiger partial charge in [0.2, 0.25) is 15.9 Å². The number of nitrogens with one attached hydrogen (secondary N) is 2. The van der Waals surface area contributed by atoms with Crippen LogP contribution in [0.25, 0.3) is 27.5 Å². The van der Waals surface area contributed by atoms with Gasteiger partial charge in [0.1, 0.15) is 29.8 Å². The standard InChI is InChI=1S/C32H23ClF8N8O5S/c1-47-27-23(6-4-20(33)26(27)28(45-47)46-55(2,52)53)49-29(43-21-5-3-18(54-32(39,40)41)13-19(21)30(49)51)22(11-15-9-16(34)12-17(35)10-15)42-25(50)14-48-8-7-24(44-48)31(36,37)38/h3-10,12-13,22H,11,14H2,1-2H3,(H,42,50)(H,45,46)/t22-/m0/s1. The van der Waals surface area contributed by atoms with Gasteiger partial charge in [-0.15, -0.1) is 13.2 Å². The highest BCUT2D eigenvalue weighted by Gasteiger charge is 2.34. The van der Waals surface area contributed by atoms with Gasteiger partial charge in [-0.1, -0.05) is 11.6 Å². The minimum atomic E-state index is -5.16. The van der Waals surface area contributed by atoms with E-state index in [0.717, 1.165) is 52.0 Å². The number of rotatable bonds is 10. The Hall–Kier alpha value is -5.77. The van der Waals surface area contributed by atoms with Gasteiger partial charge in [-0.2, -0.15) is 23.4 Å². The summed E-state index contributed by atoms with van der Waals surface area (Å²) in [5.74, 6) is -4.57. The number of hydrogen-bond donors (Lipinski definition) is 2. The maximum Gasteiger partial charge on any atom is 0.573 e. The second-order valence-electron chi connectivity index (χ2n) is 12.0. The lowest BCUT2D eigenvalue weighted by Gasteiger charge is -2.24. The van der Waals surface area contributed by atoms with Crippen LogP contribution in [0.3, 0.4) is 0 Å². The van der Waals surface area contributed by atoms with Crippen LogP contribution < -0.4 is 20.3 Å². The highest BCUT2D eigenvalue weighted by Crippen LogP contribution is 2.36. The number of nitrogens with zero attached hydrogens (tertiary/aromatic N) is 6. The number of fused-ring (bicyclic) bond motifs is 2. The number of ether oxygens (including phenoxy) is 1. The Bertz CT molecular complexity index is 2640. The van der Waals surface area contributed by atoms with Crippen molar-refractivity contribution in [1.82, 2.24) is 34.4 Å². The molecule has 0 aliphatic carbocycles. The largest absolute Gasteiger partial charge is 0.573 e. The van der Waals surface area contributed by atoms with Crippen molar-refractivity contribution in [1.29, 1.82) is 0 Å². The average Bonchev–Trinajstić information content (AvgIpc) is 3.64. The molecule has 6 rings (SSSR count). The number of sulfonamides is 1. The lowest BCUT2D eigenvalue weighted by molar-refractivity contribution is -0.274. The second kappa shape index (κ2) is 14.1. The van der Waals surface area contributed by atoms with Gasteiger partial charge in [0.05, 0.1) is 44.8 Å². The van der Waals surface area contributed by atoms with E-state index in [0.29, 0.717) is 16.8 Å². The Morgan fingerprint density at radius 1 is 0.982 bits per heavy atom. The summed E-state index contributed by atoms with van der Waals surface area (Å²) < 4.78 is 141. The highest BCUT2D eigenvalue weighted by molar-refractivity contribution is 7.92. The molecular weight excluding hydrogens is 796 g/mol. The monoisotopic (exact) mass is 818 g/mol. The molecule has 13 nitrogen and oxygen atoms in total. The molecular formula is C32H23ClF8N8O5S. The number of amides is 1. The number of carbonyl (C=O) groups excluding carboxylic acids is 1. The van der Waals surface area contributed by atoms with Gasteiger partial charge in [-0.3, -0.25) is 28.2 Å². The molecule has 6 aromatic rings. The fourth-order valence-corrected chi connectivity index (χ4v) is 6.53. The molecule has 23 heteroatoms. The zero-order valence-electron chi connectivity index (χ0n) is 27.8. The molecule has 0 aliphatic rings. The number of benzene rings is 3. The normalized spacial score (nSPS) is 13.0. The lowest BCUT2D eigenvalue weighted by atomic mass is 10.0. The molecule has 55 heavy (non-hydrogen) atoms. The molecule has 0 aliphatic heterocycles. The van der Waals surface area contributed by atoms with Crippen LogP contribution in [-0.2, 0) is 41.0 Å². The van der Waals surface area contributed by atoms with Crippen molar-refractivity contribution >= 4 is 55.2 Å². The summed E-state index contributed by atoms with van der Waals surface area (Å²) in [6.07, 6.45) is -8.82. The fraction of sp³-hybridized carbons (Fsp3) is 0.219. The van der Waals surface area contributed by atoms with Crippen LogP contribution in [-0.4, -0.2) is 56.1 Å². The van der Waals surface area contributed by atoms with Gasteiger partial charge < -0.3 is 10.1 Å². The third-order valence-corrected chi connectivity index (χ3v) is 8.66. The maximum atomic E-state index is 14.5. The van der Waals surface area contributed by atoms with Gasteiger partial charge in [0.25, 0.3) is 5.56 Å². The van der Waals surface area contributed by atoms with Gasteiger partial charge in [0, 0.05) is 25.7 Å². The lowest BCUT2D eigenvalue weighted by Crippen LogP contribution is -2.37. The Kier molecular flexibility index (Phi) is 10.0. The topological polar surface area (TPSA) is 155 Å². The zero-order chi connectivity index (χ0) is 40.2. The van der Waals surface area contributed by atoms with Crippen LogP contribution in [0.15, 0.2) is 65.6 Å². The minimum Gasteiger partial charge on any atom is -0.406 e. The van der Waals surface area contributed by atoms with E-state index in [1.165, 1.54) is 19.2 Å². The first kappa shape index (κ1) is 38.9. The predicted octanol–water partition coefficient (Wildman–Crippen LogP) is 5.79. The van der Waals surface area contributed by atoms with Crippen LogP contribution in [0.1, 0.15) is 23.1 Å². The number of aromatic nitrogens is 6. The highest BCUT2D eigenvalue weighted by atomic mass is 35.5. The fourth-order valence-electron chi connectivity index (χ4n) is 5.79. The Labute approximate surface area is 308 Å². The molecule has 290 valence electrons. The SMILES string of the molecule is Cn1nc(NS(C)(=O)=O)c2c(Cl)ccc(-n3c([C@H](Cc4cc(F)cc(F)c4)NC(=O)Cn4ccc(C(F)(F)F)n4)nc4ccc(OC(F)(F)F)cc4c3=O)c21. The third-order valence-electron chi connectivity index (χ3n) is 7.78. The summed E-state index contributed by atoms with van der Waals surface area (Å²) in [4.78, 5) is 32.5. The first-order valence-electron chi connectivity index (χ1n) is 15.4. The number of hydrogen-bond acceptors (Lipinski definition) is 8. The van der Waals surface area contributed by atoms with Crippen molar-refractivity contribution in [3.8, 4) is 11.4 Å². The van der Waals surface area contributed by atoms with E-state index in [2.05, 4.69) is 30.0 Å². The van der Waals surface area contributed by atoms with Gasteiger partial charge in [0.15, 0.2) is 11.5 Å². The van der Waals surface area contributed by atoms with Crippen LogP contribution in [0.2, 0.25) is 5.02 Å². The van der Waals surface area contributed by atoms with Crippen LogP contribution in [0.5, 0.6) is 5.75 Å². The second-order valence-corrected chi connectivity index (χ2v) is 14.1. The molecule has 0 spiro atoms. The van der Waals surface area contributed by atoms with E-state index in [1.807, 2.05) is 0 Å². The van der Waals surface area contributed by atoms with Gasteiger partial charge in [-0.05, 0) is 54.1 Å². The van der Waals surface area contributed by atoms with E-state index in [9.17, 15) is 53.1 Å². The average molecular weight is 819 g/mol. The summed E-state index contributed by atoms with van der Waals surface area (Å²) in [5, 5.41) is 9.44. The first-order valence-corrected chi connectivity index (χ1v) is 17.6. The molecule has 3 aromatic heterocycles. The van der Waals surface area contributed by atoms with Crippen molar-refractivity contribution in [3.63, 3.8) is 0 Å². The number of alkyl halides is 6. The smallest absolute Gasteiger partial charge is 0.406 e. The van der Waals surface area contributed by atoms with Crippen LogP contribution in [0, 0.1) is 11.6 Å². The van der Waals surface area contributed by atoms with Crippen LogP contribution in [0.4, 0.5) is 40.9 Å². The molecule has 1 amide bonds. The molecule has 0 saturated carbocycles. The van der Waals surface area contributed by atoms with Gasteiger partial charge >= 0.3 is 12.5 Å². The number of halogens is 9. The van der Waals surface area contributed by atoms with E-state index in [4.69, 9.17) is 11.6 Å². The molecule has 0 fully saturated rings. The Morgan fingerprint density at radius 2 is 1.67 bits per heavy atom. The molecule has 0 bridgehead atoms. The molecule has 0 radical (unpaired) electrons. The quantitative estimate of drug-likeness (QED) is 0.165.